The van der Waals surface area contributed by atoms with Crippen molar-refractivity contribution in [2.75, 3.05) is 13.2 Å². The van der Waals surface area contributed by atoms with E-state index in [0.717, 1.165) is 12.8 Å². The van der Waals surface area contributed by atoms with E-state index in [9.17, 15) is 4.79 Å². The van der Waals surface area contributed by atoms with Gasteiger partial charge in [-0.1, -0.05) is 27.2 Å². The molecule has 4 nitrogen and oxygen atoms in total. The molecular weight excluding hydrogens is 256 g/mol. The fraction of sp³-hybridized carbons (Fsp3) is 0.938. The van der Waals surface area contributed by atoms with E-state index in [1.54, 1.807) is 13.8 Å². The molecule has 1 N–H and O–H groups in total. The number of aliphatic hydroxyl groups is 1. The van der Waals surface area contributed by atoms with Crippen LogP contribution in [0.2, 0.25) is 0 Å². The Morgan fingerprint density at radius 2 is 2.00 bits per heavy atom. The maximum absolute atomic E-state index is 11.9. The van der Waals surface area contributed by atoms with E-state index in [-0.39, 0.29) is 25.3 Å². The first-order valence-electron chi connectivity index (χ1n) is 7.69. The summed E-state index contributed by atoms with van der Waals surface area (Å²) in [6.45, 7) is 9.88. The van der Waals surface area contributed by atoms with E-state index in [0.29, 0.717) is 17.8 Å². The smallest absolute Gasteiger partial charge is 0.332 e. The summed E-state index contributed by atoms with van der Waals surface area (Å²) in [5.41, 5.74) is -0.698. The Labute approximate surface area is 122 Å². The first-order chi connectivity index (χ1) is 9.25. The second-order valence-corrected chi connectivity index (χ2v) is 7.06. The molecule has 1 saturated carbocycles. The van der Waals surface area contributed by atoms with Crippen LogP contribution in [0.3, 0.4) is 0 Å². The summed E-state index contributed by atoms with van der Waals surface area (Å²) in [5, 5.41) is 9.10. The van der Waals surface area contributed by atoms with Gasteiger partial charge in [-0.15, -0.1) is 0 Å². The maximum Gasteiger partial charge on any atom is 0.332 e. The standard InChI is InChI=1S/C16H30O4/c1-11(2)13-7-6-12(3)8-14(13)20-15(18)9-19-16(4,5)10-17/h11-14,17H,6-10H2,1-5H3. The van der Waals surface area contributed by atoms with Gasteiger partial charge in [0.2, 0.25) is 0 Å². The highest BCUT2D eigenvalue weighted by molar-refractivity contribution is 5.71. The van der Waals surface area contributed by atoms with Crippen LogP contribution in [0.4, 0.5) is 0 Å². The van der Waals surface area contributed by atoms with Gasteiger partial charge >= 0.3 is 5.97 Å². The van der Waals surface area contributed by atoms with Gasteiger partial charge in [0.05, 0.1) is 12.2 Å². The van der Waals surface area contributed by atoms with Crippen molar-refractivity contribution in [3.63, 3.8) is 0 Å². The Kier molecular flexibility index (Phi) is 6.46. The number of hydrogen-bond acceptors (Lipinski definition) is 4. The molecule has 1 rings (SSSR count). The Morgan fingerprint density at radius 3 is 2.55 bits per heavy atom. The van der Waals surface area contributed by atoms with Crippen molar-refractivity contribution >= 4 is 5.97 Å². The van der Waals surface area contributed by atoms with Crippen LogP contribution < -0.4 is 0 Å². The topological polar surface area (TPSA) is 55.8 Å². The lowest BCUT2D eigenvalue weighted by Gasteiger charge is -2.36. The van der Waals surface area contributed by atoms with Crippen LogP contribution in [0.5, 0.6) is 0 Å². The lowest BCUT2D eigenvalue weighted by Crippen LogP contribution is -2.38. The van der Waals surface area contributed by atoms with Crippen molar-refractivity contribution in [3.05, 3.63) is 0 Å². The number of rotatable bonds is 6. The summed E-state index contributed by atoms with van der Waals surface area (Å²) in [7, 11) is 0. The lowest BCUT2D eigenvalue weighted by atomic mass is 9.75. The van der Waals surface area contributed by atoms with Crippen LogP contribution in [-0.4, -0.2) is 36.0 Å². The van der Waals surface area contributed by atoms with E-state index in [1.807, 2.05) is 0 Å². The predicted molar refractivity (Wildman–Crippen MR) is 78.3 cm³/mol. The zero-order chi connectivity index (χ0) is 15.3. The summed E-state index contributed by atoms with van der Waals surface area (Å²) >= 11 is 0. The van der Waals surface area contributed by atoms with E-state index >= 15 is 0 Å². The summed E-state index contributed by atoms with van der Waals surface area (Å²) in [4.78, 5) is 11.9. The van der Waals surface area contributed by atoms with Gasteiger partial charge < -0.3 is 14.6 Å². The van der Waals surface area contributed by atoms with Crippen LogP contribution in [0.25, 0.3) is 0 Å². The van der Waals surface area contributed by atoms with Crippen LogP contribution in [0.1, 0.15) is 53.9 Å². The third-order valence-corrected chi connectivity index (χ3v) is 4.21. The van der Waals surface area contributed by atoms with Gasteiger partial charge in [0.25, 0.3) is 0 Å². The van der Waals surface area contributed by atoms with Gasteiger partial charge in [0.15, 0.2) is 0 Å². The zero-order valence-electron chi connectivity index (χ0n) is 13.5. The molecule has 118 valence electrons. The Bertz CT molecular complexity index is 312. The van der Waals surface area contributed by atoms with Crippen LogP contribution >= 0.6 is 0 Å². The van der Waals surface area contributed by atoms with Crippen molar-refractivity contribution in [3.8, 4) is 0 Å². The van der Waals surface area contributed by atoms with Crippen molar-refractivity contribution in [2.24, 2.45) is 17.8 Å². The molecule has 3 atom stereocenters. The molecule has 0 aromatic rings. The van der Waals surface area contributed by atoms with Crippen molar-refractivity contribution in [1.82, 2.24) is 0 Å². The molecule has 0 aromatic carbocycles. The van der Waals surface area contributed by atoms with Crippen LogP contribution in [0, 0.1) is 17.8 Å². The van der Waals surface area contributed by atoms with Gasteiger partial charge in [-0.25, -0.2) is 4.79 Å². The second-order valence-electron chi connectivity index (χ2n) is 7.06. The minimum atomic E-state index is -0.698. The van der Waals surface area contributed by atoms with Gasteiger partial charge in [-0.05, 0) is 44.4 Å². The SMILES string of the molecule is CC1CCC(C(C)C)C(OC(=O)COC(C)(C)CO)C1. The quantitative estimate of drug-likeness (QED) is 0.763. The molecule has 0 spiro atoms. The molecule has 1 fully saturated rings. The predicted octanol–water partition coefficient (Wildman–Crippen LogP) is 2.78. The molecule has 0 saturated heterocycles. The fourth-order valence-electron chi connectivity index (χ4n) is 2.75. The molecule has 0 aliphatic heterocycles. The van der Waals surface area contributed by atoms with Gasteiger partial charge in [0.1, 0.15) is 12.7 Å². The zero-order valence-corrected chi connectivity index (χ0v) is 13.5. The maximum atomic E-state index is 11.9. The molecular formula is C16H30O4. The third-order valence-electron chi connectivity index (χ3n) is 4.21. The highest BCUT2D eigenvalue weighted by atomic mass is 16.6. The second kappa shape index (κ2) is 7.41. The lowest BCUT2D eigenvalue weighted by molar-refractivity contribution is -0.168. The Hall–Kier alpha value is -0.610. The highest BCUT2D eigenvalue weighted by Crippen LogP contribution is 2.35. The molecule has 1 aliphatic rings. The van der Waals surface area contributed by atoms with Crippen molar-refractivity contribution in [1.29, 1.82) is 0 Å². The number of ether oxygens (including phenoxy) is 2. The average Bonchev–Trinajstić information content (AvgIpc) is 2.36. The van der Waals surface area contributed by atoms with E-state index < -0.39 is 5.60 Å². The van der Waals surface area contributed by atoms with E-state index in [1.165, 1.54) is 6.42 Å². The normalized spacial score (nSPS) is 27.6. The summed E-state index contributed by atoms with van der Waals surface area (Å²) in [5.74, 6) is 1.25. The first kappa shape index (κ1) is 17.4. The molecule has 3 unspecified atom stereocenters. The van der Waals surface area contributed by atoms with E-state index in [4.69, 9.17) is 14.6 Å². The Morgan fingerprint density at radius 1 is 1.35 bits per heavy atom. The number of esters is 1. The first-order valence-corrected chi connectivity index (χ1v) is 7.69. The highest BCUT2D eigenvalue weighted by Gasteiger charge is 2.33. The molecule has 20 heavy (non-hydrogen) atoms. The minimum Gasteiger partial charge on any atom is -0.460 e. The van der Waals surface area contributed by atoms with Crippen LogP contribution in [0.15, 0.2) is 0 Å². The van der Waals surface area contributed by atoms with Crippen molar-refractivity contribution in [2.45, 2.75) is 65.6 Å². The van der Waals surface area contributed by atoms with Gasteiger partial charge in [0, 0.05) is 0 Å². The Balaban J connectivity index is 2.49. The summed E-state index contributed by atoms with van der Waals surface area (Å²) < 4.78 is 11.0. The van der Waals surface area contributed by atoms with E-state index in [2.05, 4.69) is 20.8 Å². The number of carbonyl (C=O) groups is 1. The molecule has 0 aromatic heterocycles. The third kappa shape index (κ3) is 5.41. The number of hydrogen-bond donors (Lipinski definition) is 1. The molecule has 1 aliphatic carbocycles. The van der Waals surface area contributed by atoms with Crippen LogP contribution in [-0.2, 0) is 14.3 Å². The molecule has 4 heteroatoms. The van der Waals surface area contributed by atoms with Crippen molar-refractivity contribution < 1.29 is 19.4 Å². The summed E-state index contributed by atoms with van der Waals surface area (Å²) in [6, 6.07) is 0. The number of carbonyl (C=O) groups excluding carboxylic acids is 1. The van der Waals surface area contributed by atoms with Gasteiger partial charge in [-0.2, -0.15) is 0 Å². The average molecular weight is 286 g/mol. The minimum absolute atomic E-state index is 0.00656. The number of aliphatic hydroxyl groups excluding tert-OH is 1. The summed E-state index contributed by atoms with van der Waals surface area (Å²) in [6.07, 6.45) is 3.29. The monoisotopic (exact) mass is 286 g/mol. The molecule has 0 bridgehead atoms. The largest absolute Gasteiger partial charge is 0.460 e. The molecule has 0 heterocycles. The molecule has 0 radical (unpaired) electrons. The fourth-order valence-corrected chi connectivity index (χ4v) is 2.75. The molecule has 0 amide bonds. The van der Waals surface area contributed by atoms with Gasteiger partial charge in [-0.3, -0.25) is 0 Å².